The van der Waals surface area contributed by atoms with Gasteiger partial charge in [0.1, 0.15) is 18.3 Å². The smallest absolute Gasteiger partial charge is 0.429 e. The van der Waals surface area contributed by atoms with Gasteiger partial charge < -0.3 is 29.5 Å². The zero-order valence-electron chi connectivity index (χ0n) is 24.5. The lowest BCUT2D eigenvalue weighted by atomic mass is 9.59. The number of ether oxygens (including phenoxy) is 3. The third kappa shape index (κ3) is 4.47. The van der Waals surface area contributed by atoms with E-state index in [1.807, 2.05) is 27.7 Å². The molecule has 2 fully saturated rings. The molecule has 11 heteroatoms. The second kappa shape index (κ2) is 10.6. The molecule has 4 aliphatic carbocycles. The van der Waals surface area contributed by atoms with Gasteiger partial charge in [-0.15, -0.1) is 0 Å². The number of hydrogen-bond donors (Lipinski definition) is 3. The molecular weight excluding hydrogens is 532 g/mol. The fourth-order valence-electron chi connectivity index (χ4n) is 7.92. The number of diazo groups is 1. The summed E-state index contributed by atoms with van der Waals surface area (Å²) in [7, 11) is 0. The van der Waals surface area contributed by atoms with Crippen molar-refractivity contribution in [1.29, 1.82) is 5.39 Å². The van der Waals surface area contributed by atoms with Crippen molar-refractivity contribution in [3.63, 3.8) is 0 Å². The third-order valence-corrected chi connectivity index (χ3v) is 9.78. The number of aliphatic hydroxyl groups excluding tert-OH is 1. The molecule has 0 aromatic carbocycles. The predicted octanol–water partition coefficient (Wildman–Crippen LogP) is 3.87. The highest BCUT2D eigenvalue weighted by atomic mass is 16.6. The van der Waals surface area contributed by atoms with Crippen LogP contribution in [-0.2, 0) is 28.6 Å². The molecule has 0 amide bonds. The first kappa shape index (κ1) is 30.7. The number of fused-ring (bicyclic) bond motifs is 5. The fourth-order valence-corrected chi connectivity index (χ4v) is 7.92. The van der Waals surface area contributed by atoms with E-state index in [1.54, 1.807) is 26.0 Å². The fraction of sp³-hybridized carbons (Fsp3) is 0.700. The standard InChI is InChI=1S/C30H40N2O9/c1-7-9-21(33)39-15-18-12-19-24-27(5,6)30(24,41-23(35)14-32-31)26(40-22(34)10-8-2)17(4)29(19,38)20-11-16(3)25(36)28(20,37)13-18/h11-12,14,17,19-20,24,26,37-38H,7-10,13,15H2,1-6H3/p+1/b23-14+/t17-,19+,20-,24-,26-,28-,29-,30-/m1/s1. The Kier molecular flexibility index (Phi) is 7.91. The maximum absolute atomic E-state index is 13.4. The molecule has 0 saturated heterocycles. The van der Waals surface area contributed by atoms with Gasteiger partial charge in [0.05, 0.1) is 5.60 Å². The molecule has 3 N–H and O–H groups in total. The number of esters is 2. The van der Waals surface area contributed by atoms with Crippen LogP contribution >= 0.6 is 0 Å². The van der Waals surface area contributed by atoms with Gasteiger partial charge in [-0.3, -0.25) is 14.4 Å². The molecule has 0 unspecified atom stereocenters. The minimum Gasteiger partial charge on any atom is -0.476 e. The van der Waals surface area contributed by atoms with Crippen molar-refractivity contribution < 1.29 is 43.9 Å². The summed E-state index contributed by atoms with van der Waals surface area (Å²) in [5.41, 5.74) is -5.23. The molecule has 4 rings (SSSR count). The highest BCUT2D eigenvalue weighted by Gasteiger charge is 2.88. The number of Topliss-reactive ketones (excluding diaryl/α,β-unsaturated/α-hetero) is 1. The van der Waals surface area contributed by atoms with Crippen molar-refractivity contribution in [3.05, 3.63) is 40.4 Å². The summed E-state index contributed by atoms with van der Waals surface area (Å²) < 4.78 is 17.5. The molecule has 4 aliphatic rings. The Labute approximate surface area is 239 Å². The number of rotatable bonds is 9. The zero-order chi connectivity index (χ0) is 30.5. The molecule has 0 radical (unpaired) electrons. The van der Waals surface area contributed by atoms with Crippen LogP contribution in [0, 0.1) is 34.5 Å². The molecule has 41 heavy (non-hydrogen) atoms. The normalized spacial score (nSPS) is 38.7. The van der Waals surface area contributed by atoms with E-state index < -0.39 is 75.7 Å². The molecule has 0 aliphatic heterocycles. The number of ketones is 1. The molecule has 0 heterocycles. The molecule has 11 nitrogen and oxygen atoms in total. The quantitative estimate of drug-likeness (QED) is 0.159. The summed E-state index contributed by atoms with van der Waals surface area (Å²) in [6, 6.07) is 0. The Hall–Kier alpha value is -3.23. The van der Waals surface area contributed by atoms with Gasteiger partial charge in [0.25, 0.3) is 0 Å². The number of carbonyl (C=O) groups excluding carboxylic acids is 3. The summed E-state index contributed by atoms with van der Waals surface area (Å²) in [4.78, 5) is 41.4. The molecule has 0 spiro atoms. The van der Waals surface area contributed by atoms with Crippen LogP contribution in [0.5, 0.6) is 0 Å². The SMILES string of the molecule is CCCC(=O)OCC1=C[C@H]2[C@@H]3C(C)(C)[C@]3(O/C(O)=C/[N+]#N)[C@H](OC(=O)CCC)[C@@H](C)[C@]2(O)[C@@H]2C=C(C)C(=O)[C@@]2(O)C1. The van der Waals surface area contributed by atoms with E-state index in [0.717, 1.165) is 6.20 Å². The summed E-state index contributed by atoms with van der Waals surface area (Å²) in [6.45, 7) is 10.5. The van der Waals surface area contributed by atoms with E-state index in [1.165, 1.54) is 0 Å². The molecule has 224 valence electrons. The van der Waals surface area contributed by atoms with Crippen molar-refractivity contribution >= 4 is 17.7 Å². The lowest BCUT2D eigenvalue weighted by Gasteiger charge is -2.53. The molecule has 8 atom stereocenters. The van der Waals surface area contributed by atoms with E-state index in [2.05, 4.69) is 4.98 Å². The number of nitrogens with zero attached hydrogens (tertiary/aromatic N) is 2. The minimum atomic E-state index is -2.01. The van der Waals surface area contributed by atoms with Crippen molar-refractivity contribution in [1.82, 2.24) is 0 Å². The van der Waals surface area contributed by atoms with Crippen LogP contribution in [0.15, 0.2) is 35.4 Å². The largest absolute Gasteiger partial charge is 0.476 e. The Morgan fingerprint density at radius 2 is 1.78 bits per heavy atom. The van der Waals surface area contributed by atoms with Crippen LogP contribution in [0.1, 0.15) is 73.6 Å². The van der Waals surface area contributed by atoms with Gasteiger partial charge in [0.2, 0.25) is 5.39 Å². The Balaban J connectivity index is 1.91. The second-order valence-electron chi connectivity index (χ2n) is 12.5. The van der Waals surface area contributed by atoms with Gasteiger partial charge >= 0.3 is 24.1 Å². The topological polar surface area (TPSA) is 168 Å². The minimum absolute atomic E-state index is 0.109. The van der Waals surface area contributed by atoms with Crippen molar-refractivity contribution in [2.24, 2.45) is 29.1 Å². The summed E-state index contributed by atoms with van der Waals surface area (Å²) in [5.74, 6) is -5.52. The van der Waals surface area contributed by atoms with Gasteiger partial charge in [-0.05, 0) is 30.9 Å². The van der Waals surface area contributed by atoms with Crippen molar-refractivity contribution in [2.45, 2.75) is 96.6 Å². The van der Waals surface area contributed by atoms with Gasteiger partial charge in [0.15, 0.2) is 16.4 Å². The van der Waals surface area contributed by atoms with Gasteiger partial charge in [-0.2, -0.15) is 0 Å². The first-order valence-electron chi connectivity index (χ1n) is 14.3. The maximum Gasteiger partial charge on any atom is 0.429 e. The molecular formula is C30H41N2O9+. The van der Waals surface area contributed by atoms with E-state index in [9.17, 15) is 29.7 Å². The lowest BCUT2D eigenvalue weighted by Crippen LogP contribution is -2.66. The molecule has 0 bridgehead atoms. The first-order chi connectivity index (χ1) is 19.2. The van der Waals surface area contributed by atoms with Crippen LogP contribution in [-0.4, -0.2) is 62.6 Å². The highest BCUT2D eigenvalue weighted by Crippen LogP contribution is 2.77. The molecule has 0 aromatic rings. The highest BCUT2D eigenvalue weighted by molar-refractivity contribution is 6.04. The van der Waals surface area contributed by atoms with E-state index in [4.69, 9.17) is 19.6 Å². The van der Waals surface area contributed by atoms with Crippen LogP contribution in [0.25, 0.3) is 4.98 Å². The Morgan fingerprint density at radius 1 is 1.15 bits per heavy atom. The average molecular weight is 574 g/mol. The number of aliphatic hydroxyl groups is 3. The second-order valence-corrected chi connectivity index (χ2v) is 12.5. The van der Waals surface area contributed by atoms with E-state index in [-0.39, 0.29) is 25.9 Å². The van der Waals surface area contributed by atoms with Gasteiger partial charge in [-0.1, -0.05) is 46.8 Å². The maximum atomic E-state index is 13.4. The van der Waals surface area contributed by atoms with Crippen LogP contribution in [0.3, 0.4) is 0 Å². The van der Waals surface area contributed by atoms with E-state index >= 15 is 0 Å². The third-order valence-electron chi connectivity index (χ3n) is 9.78. The summed E-state index contributed by atoms with van der Waals surface area (Å²) in [6.07, 6.45) is 4.22. The summed E-state index contributed by atoms with van der Waals surface area (Å²) >= 11 is 0. The predicted molar refractivity (Wildman–Crippen MR) is 145 cm³/mol. The number of hydrogen-bond acceptors (Lipinski definition) is 10. The Morgan fingerprint density at radius 3 is 2.39 bits per heavy atom. The Bertz CT molecular complexity index is 1260. The van der Waals surface area contributed by atoms with Crippen LogP contribution < -0.4 is 0 Å². The first-order valence-corrected chi connectivity index (χ1v) is 14.3. The zero-order valence-corrected chi connectivity index (χ0v) is 24.5. The number of carbonyl (C=O) groups is 3. The van der Waals surface area contributed by atoms with Crippen molar-refractivity contribution in [3.8, 4) is 0 Å². The van der Waals surface area contributed by atoms with Crippen molar-refractivity contribution in [2.75, 3.05) is 6.61 Å². The average Bonchev–Trinajstić information content (AvgIpc) is 3.31. The molecule has 0 aromatic heterocycles. The van der Waals surface area contributed by atoms with Gasteiger partial charge in [-0.25, -0.2) is 0 Å². The molecule has 2 saturated carbocycles. The van der Waals surface area contributed by atoms with Crippen LogP contribution in [0.2, 0.25) is 0 Å². The van der Waals surface area contributed by atoms with Gasteiger partial charge in [0, 0.05) is 48.3 Å². The van der Waals surface area contributed by atoms with E-state index in [0.29, 0.717) is 24.0 Å². The monoisotopic (exact) mass is 573 g/mol. The lowest BCUT2D eigenvalue weighted by molar-refractivity contribution is -0.228. The van der Waals surface area contributed by atoms with Crippen LogP contribution in [0.4, 0.5) is 0 Å². The summed E-state index contributed by atoms with van der Waals surface area (Å²) in [5, 5.41) is 44.3.